The van der Waals surface area contributed by atoms with Crippen LogP contribution in [0.25, 0.3) is 0 Å². The molecule has 0 aromatic heterocycles. The van der Waals surface area contributed by atoms with E-state index >= 15 is 0 Å². The lowest BCUT2D eigenvalue weighted by atomic mass is 10.0. The first-order chi connectivity index (χ1) is 13.3. The zero-order valence-corrected chi connectivity index (χ0v) is 16.6. The van der Waals surface area contributed by atoms with Gasteiger partial charge in [0.15, 0.2) is 12.4 Å². The summed E-state index contributed by atoms with van der Waals surface area (Å²) in [6.45, 7) is 4.11. The van der Waals surface area contributed by atoms with Crippen LogP contribution in [-0.2, 0) is 14.3 Å². The van der Waals surface area contributed by atoms with Crippen molar-refractivity contribution in [3.63, 3.8) is 0 Å². The van der Waals surface area contributed by atoms with Crippen molar-refractivity contribution in [2.45, 2.75) is 26.2 Å². The summed E-state index contributed by atoms with van der Waals surface area (Å²) in [5.74, 6) is -1.13. The maximum Gasteiger partial charge on any atom is 0.311 e. The monoisotopic (exact) mass is 399 g/mol. The number of nitrogens with zero attached hydrogens (tertiary/aromatic N) is 1. The third-order valence-electron chi connectivity index (χ3n) is 4.84. The molecule has 1 heterocycles. The third kappa shape index (κ3) is 4.60. The number of halogens is 1. The van der Waals surface area contributed by atoms with E-state index in [4.69, 9.17) is 16.3 Å². The number of rotatable bonds is 6. The molecule has 0 bridgehead atoms. The van der Waals surface area contributed by atoms with Crippen LogP contribution in [0, 0.1) is 5.92 Å². The van der Waals surface area contributed by atoms with E-state index in [-0.39, 0.29) is 31.3 Å². The number of ether oxygens (including phenoxy) is 1. The molecule has 0 saturated carbocycles. The maximum absolute atomic E-state index is 12.3. The van der Waals surface area contributed by atoms with Gasteiger partial charge in [-0.05, 0) is 47.9 Å². The molecule has 1 atom stereocenters. The Kier molecular flexibility index (Phi) is 6.15. The highest BCUT2D eigenvalue weighted by atomic mass is 35.5. The number of Topliss-reactive ketones (excluding diaryl/α,β-unsaturated/α-hetero) is 1. The highest BCUT2D eigenvalue weighted by molar-refractivity contribution is 6.30. The zero-order valence-electron chi connectivity index (χ0n) is 15.9. The molecule has 3 rings (SSSR count). The van der Waals surface area contributed by atoms with Gasteiger partial charge in [0.25, 0.3) is 0 Å². The van der Waals surface area contributed by atoms with E-state index in [1.807, 2.05) is 24.3 Å². The average molecular weight is 400 g/mol. The first-order valence-electron chi connectivity index (χ1n) is 9.21. The molecular weight excluding hydrogens is 378 g/mol. The zero-order chi connectivity index (χ0) is 20.3. The van der Waals surface area contributed by atoms with E-state index in [0.29, 0.717) is 16.5 Å². The third-order valence-corrected chi connectivity index (χ3v) is 5.09. The molecule has 6 heteroatoms. The lowest BCUT2D eigenvalue weighted by molar-refractivity contribution is -0.147. The Balaban J connectivity index is 1.57. The lowest BCUT2D eigenvalue weighted by Gasteiger charge is -2.17. The Labute approximate surface area is 169 Å². The van der Waals surface area contributed by atoms with Crippen LogP contribution in [0.15, 0.2) is 48.5 Å². The molecule has 1 amide bonds. The van der Waals surface area contributed by atoms with Crippen LogP contribution in [0.4, 0.5) is 5.69 Å². The molecule has 146 valence electrons. The van der Waals surface area contributed by atoms with Crippen LogP contribution in [-0.4, -0.2) is 30.8 Å². The fourth-order valence-corrected chi connectivity index (χ4v) is 3.25. The number of esters is 1. The number of ketones is 1. The van der Waals surface area contributed by atoms with Crippen LogP contribution in [0.5, 0.6) is 0 Å². The summed E-state index contributed by atoms with van der Waals surface area (Å²) in [4.78, 5) is 38.4. The van der Waals surface area contributed by atoms with Crippen LogP contribution >= 0.6 is 11.6 Å². The smallest absolute Gasteiger partial charge is 0.311 e. The summed E-state index contributed by atoms with van der Waals surface area (Å²) in [5.41, 5.74) is 2.38. The second-order valence-electron chi connectivity index (χ2n) is 7.19. The van der Waals surface area contributed by atoms with Crippen LogP contribution < -0.4 is 4.90 Å². The van der Waals surface area contributed by atoms with Gasteiger partial charge in [-0.15, -0.1) is 0 Å². The predicted molar refractivity (Wildman–Crippen MR) is 108 cm³/mol. The van der Waals surface area contributed by atoms with Crippen molar-refractivity contribution < 1.29 is 19.1 Å². The Hall–Kier alpha value is -2.66. The van der Waals surface area contributed by atoms with Gasteiger partial charge in [-0.2, -0.15) is 0 Å². The van der Waals surface area contributed by atoms with Gasteiger partial charge in [0.1, 0.15) is 0 Å². The average Bonchev–Trinajstić information content (AvgIpc) is 3.08. The minimum atomic E-state index is -0.574. The first kappa shape index (κ1) is 20.1. The van der Waals surface area contributed by atoms with Gasteiger partial charge in [-0.3, -0.25) is 14.4 Å². The highest BCUT2D eigenvalue weighted by Crippen LogP contribution is 2.27. The molecule has 1 saturated heterocycles. The van der Waals surface area contributed by atoms with Gasteiger partial charge < -0.3 is 9.64 Å². The molecule has 0 N–H and O–H groups in total. The number of carbonyl (C=O) groups is 3. The van der Waals surface area contributed by atoms with Gasteiger partial charge in [0, 0.05) is 29.2 Å². The first-order valence-corrected chi connectivity index (χ1v) is 9.58. The molecule has 28 heavy (non-hydrogen) atoms. The fourth-order valence-electron chi connectivity index (χ4n) is 3.13. The van der Waals surface area contributed by atoms with Crippen LogP contribution in [0.2, 0.25) is 5.02 Å². The van der Waals surface area contributed by atoms with Crippen molar-refractivity contribution >= 4 is 34.9 Å². The number of hydrogen-bond acceptors (Lipinski definition) is 4. The summed E-state index contributed by atoms with van der Waals surface area (Å²) in [5, 5.41) is 0.527. The number of anilines is 1. The highest BCUT2D eigenvalue weighted by Gasteiger charge is 2.36. The summed E-state index contributed by atoms with van der Waals surface area (Å²) >= 11 is 5.80. The molecule has 1 fully saturated rings. The van der Waals surface area contributed by atoms with Crippen molar-refractivity contribution in [3.05, 3.63) is 64.7 Å². The van der Waals surface area contributed by atoms with Gasteiger partial charge in [0.2, 0.25) is 5.91 Å². The van der Waals surface area contributed by atoms with Crippen molar-refractivity contribution in [3.8, 4) is 0 Å². The molecule has 5 nitrogen and oxygen atoms in total. The molecule has 1 aliphatic rings. The van der Waals surface area contributed by atoms with E-state index in [9.17, 15) is 14.4 Å². The minimum Gasteiger partial charge on any atom is -0.457 e. The van der Waals surface area contributed by atoms with Crippen molar-refractivity contribution in [1.29, 1.82) is 0 Å². The summed E-state index contributed by atoms with van der Waals surface area (Å²) in [6.07, 6.45) is 0.0832. The number of carbonyl (C=O) groups excluding carboxylic acids is 3. The second-order valence-corrected chi connectivity index (χ2v) is 7.63. The van der Waals surface area contributed by atoms with Crippen molar-refractivity contribution in [1.82, 2.24) is 0 Å². The van der Waals surface area contributed by atoms with Gasteiger partial charge in [0.05, 0.1) is 5.92 Å². The molecule has 0 unspecified atom stereocenters. The summed E-state index contributed by atoms with van der Waals surface area (Å²) in [6, 6.07) is 14.1. The molecular formula is C22H22ClNO4. The standard InChI is InChI=1S/C22H22ClNO4/c1-14(2)15-5-9-19(10-6-15)24-12-17(11-21(24)26)22(27)28-13-20(25)16-3-7-18(23)8-4-16/h3-10,14,17H,11-13H2,1-2H3/t17-/m0/s1. The van der Waals surface area contributed by atoms with E-state index in [1.165, 1.54) is 5.56 Å². The Morgan fingerprint density at radius 2 is 1.75 bits per heavy atom. The van der Waals surface area contributed by atoms with Crippen molar-refractivity contribution in [2.75, 3.05) is 18.1 Å². The van der Waals surface area contributed by atoms with Crippen LogP contribution in [0.1, 0.15) is 42.1 Å². The maximum atomic E-state index is 12.3. The topological polar surface area (TPSA) is 63.7 Å². The van der Waals surface area contributed by atoms with Gasteiger partial charge in [-0.1, -0.05) is 37.6 Å². The number of hydrogen-bond donors (Lipinski definition) is 0. The van der Waals surface area contributed by atoms with Gasteiger partial charge in [-0.25, -0.2) is 0 Å². The molecule has 0 spiro atoms. The second kappa shape index (κ2) is 8.57. The van der Waals surface area contributed by atoms with E-state index in [0.717, 1.165) is 5.69 Å². The lowest BCUT2D eigenvalue weighted by Crippen LogP contribution is -2.27. The normalized spacial score (nSPS) is 16.5. The van der Waals surface area contributed by atoms with Crippen molar-refractivity contribution in [2.24, 2.45) is 5.92 Å². The molecule has 1 aliphatic heterocycles. The largest absolute Gasteiger partial charge is 0.457 e. The molecule has 0 aliphatic carbocycles. The summed E-state index contributed by atoms with van der Waals surface area (Å²) < 4.78 is 5.16. The van der Waals surface area contributed by atoms with E-state index < -0.39 is 11.9 Å². The molecule has 0 radical (unpaired) electrons. The number of benzene rings is 2. The quantitative estimate of drug-likeness (QED) is 0.538. The summed E-state index contributed by atoms with van der Waals surface area (Å²) in [7, 11) is 0. The van der Waals surface area contributed by atoms with Gasteiger partial charge >= 0.3 is 5.97 Å². The van der Waals surface area contributed by atoms with E-state index in [2.05, 4.69) is 13.8 Å². The fraction of sp³-hybridized carbons (Fsp3) is 0.318. The predicted octanol–water partition coefficient (Wildman–Crippen LogP) is 4.24. The van der Waals surface area contributed by atoms with E-state index in [1.54, 1.807) is 29.2 Å². The minimum absolute atomic E-state index is 0.0832. The molecule has 2 aromatic carbocycles. The molecule has 2 aromatic rings. The Bertz CT molecular complexity index is 874. The Morgan fingerprint density at radius 1 is 1.11 bits per heavy atom. The SMILES string of the molecule is CC(C)c1ccc(N2C[C@@H](C(=O)OCC(=O)c3ccc(Cl)cc3)CC2=O)cc1. The number of amides is 1. The Morgan fingerprint density at radius 3 is 2.36 bits per heavy atom. The van der Waals surface area contributed by atoms with Crippen LogP contribution in [0.3, 0.4) is 0 Å².